The molecule has 2 heterocycles. The summed E-state index contributed by atoms with van der Waals surface area (Å²) < 4.78 is 5.79. The first-order valence-electron chi connectivity index (χ1n) is 9.17. The van der Waals surface area contributed by atoms with E-state index < -0.39 is 0 Å². The first kappa shape index (κ1) is 17.7. The van der Waals surface area contributed by atoms with Gasteiger partial charge in [0.05, 0.1) is 6.20 Å². The third-order valence-electron chi connectivity index (χ3n) is 5.03. The number of nitrogens with zero attached hydrogens (tertiary/aromatic N) is 2. The number of carbonyl (C=O) groups excluding carboxylic acids is 1. The van der Waals surface area contributed by atoms with Crippen molar-refractivity contribution >= 4 is 5.91 Å². The zero-order valence-electron chi connectivity index (χ0n) is 14.9. The SMILES string of the molecule is CC(N)C1CCN(C(=O)CCCc2ncc(-c3ccccc3)o2)CC1. The maximum absolute atomic E-state index is 12.3. The van der Waals surface area contributed by atoms with Crippen molar-refractivity contribution in [1.29, 1.82) is 0 Å². The molecule has 0 radical (unpaired) electrons. The van der Waals surface area contributed by atoms with E-state index in [0.29, 0.717) is 24.7 Å². The van der Waals surface area contributed by atoms with Crippen LogP contribution in [-0.2, 0) is 11.2 Å². The Hall–Kier alpha value is -2.14. The van der Waals surface area contributed by atoms with Gasteiger partial charge >= 0.3 is 0 Å². The van der Waals surface area contributed by atoms with Crippen LogP contribution in [-0.4, -0.2) is 34.9 Å². The number of aromatic nitrogens is 1. The van der Waals surface area contributed by atoms with Crippen LogP contribution in [0.1, 0.15) is 38.5 Å². The smallest absolute Gasteiger partial charge is 0.222 e. The quantitative estimate of drug-likeness (QED) is 0.875. The summed E-state index contributed by atoms with van der Waals surface area (Å²) in [6.07, 6.45) is 5.79. The fourth-order valence-corrected chi connectivity index (χ4v) is 3.39. The van der Waals surface area contributed by atoms with E-state index in [0.717, 1.165) is 43.7 Å². The normalized spacial score (nSPS) is 16.8. The Bertz CT molecular complexity index is 673. The van der Waals surface area contributed by atoms with E-state index in [1.807, 2.05) is 35.2 Å². The summed E-state index contributed by atoms with van der Waals surface area (Å²) in [4.78, 5) is 18.6. The molecule has 3 rings (SSSR count). The van der Waals surface area contributed by atoms with Crippen LogP contribution in [0.4, 0.5) is 0 Å². The van der Waals surface area contributed by atoms with Crippen LogP contribution in [0.2, 0.25) is 0 Å². The molecule has 5 nitrogen and oxygen atoms in total. The first-order chi connectivity index (χ1) is 12.1. The Morgan fingerprint density at radius 2 is 2.04 bits per heavy atom. The van der Waals surface area contributed by atoms with Crippen LogP contribution in [0.3, 0.4) is 0 Å². The van der Waals surface area contributed by atoms with E-state index in [1.165, 1.54) is 0 Å². The van der Waals surface area contributed by atoms with Crippen LogP contribution < -0.4 is 5.73 Å². The molecule has 1 aromatic carbocycles. The predicted molar refractivity (Wildman–Crippen MR) is 97.8 cm³/mol. The zero-order valence-corrected chi connectivity index (χ0v) is 14.9. The molecule has 1 saturated heterocycles. The lowest BCUT2D eigenvalue weighted by Gasteiger charge is -2.33. The summed E-state index contributed by atoms with van der Waals surface area (Å²) >= 11 is 0. The zero-order chi connectivity index (χ0) is 17.6. The van der Waals surface area contributed by atoms with Gasteiger partial charge in [0.1, 0.15) is 0 Å². The minimum Gasteiger partial charge on any atom is -0.441 e. The van der Waals surface area contributed by atoms with Gasteiger partial charge in [-0.2, -0.15) is 0 Å². The second kappa shape index (κ2) is 8.30. The number of oxazole rings is 1. The van der Waals surface area contributed by atoms with E-state index in [-0.39, 0.29) is 11.9 Å². The lowest BCUT2D eigenvalue weighted by Crippen LogP contribution is -2.42. The molecule has 1 amide bonds. The third-order valence-corrected chi connectivity index (χ3v) is 5.03. The highest BCUT2D eigenvalue weighted by Crippen LogP contribution is 2.22. The van der Waals surface area contributed by atoms with Crippen molar-refractivity contribution in [3.63, 3.8) is 0 Å². The summed E-state index contributed by atoms with van der Waals surface area (Å²) in [6, 6.07) is 10.2. The van der Waals surface area contributed by atoms with Gasteiger partial charge in [-0.25, -0.2) is 4.98 Å². The Kier molecular flexibility index (Phi) is 5.87. The van der Waals surface area contributed by atoms with Crippen LogP contribution in [0.5, 0.6) is 0 Å². The monoisotopic (exact) mass is 341 g/mol. The average molecular weight is 341 g/mol. The van der Waals surface area contributed by atoms with Gasteiger partial charge in [0.2, 0.25) is 5.91 Å². The molecule has 25 heavy (non-hydrogen) atoms. The fraction of sp³-hybridized carbons (Fsp3) is 0.500. The Labute approximate surface area is 149 Å². The summed E-state index contributed by atoms with van der Waals surface area (Å²) in [7, 11) is 0. The molecule has 0 aliphatic carbocycles. The number of piperidine rings is 1. The minimum absolute atomic E-state index is 0.223. The van der Waals surface area contributed by atoms with E-state index in [4.69, 9.17) is 10.2 Å². The molecule has 1 aliphatic rings. The van der Waals surface area contributed by atoms with E-state index in [1.54, 1.807) is 6.20 Å². The fourth-order valence-electron chi connectivity index (χ4n) is 3.39. The Balaban J connectivity index is 1.43. The minimum atomic E-state index is 0.223. The summed E-state index contributed by atoms with van der Waals surface area (Å²) in [5.74, 6) is 2.26. The van der Waals surface area contributed by atoms with Gasteiger partial charge < -0.3 is 15.1 Å². The van der Waals surface area contributed by atoms with E-state index in [2.05, 4.69) is 11.9 Å². The highest BCUT2D eigenvalue weighted by atomic mass is 16.4. The molecular formula is C20H27N3O2. The lowest BCUT2D eigenvalue weighted by atomic mass is 9.91. The number of hydrogen-bond acceptors (Lipinski definition) is 4. The van der Waals surface area contributed by atoms with Crippen molar-refractivity contribution in [2.24, 2.45) is 11.7 Å². The van der Waals surface area contributed by atoms with Gasteiger partial charge in [-0.05, 0) is 32.1 Å². The topological polar surface area (TPSA) is 72.4 Å². The molecule has 2 aromatic rings. The third kappa shape index (κ3) is 4.69. The summed E-state index contributed by atoms with van der Waals surface area (Å²) in [6.45, 7) is 3.73. The molecule has 1 aromatic heterocycles. The van der Waals surface area contributed by atoms with Crippen LogP contribution in [0, 0.1) is 5.92 Å². The Morgan fingerprint density at radius 3 is 2.72 bits per heavy atom. The number of likely N-dealkylation sites (tertiary alicyclic amines) is 1. The molecule has 0 saturated carbocycles. The second-order valence-corrected chi connectivity index (χ2v) is 6.92. The number of rotatable bonds is 6. The molecule has 2 N–H and O–H groups in total. The van der Waals surface area contributed by atoms with Crippen molar-refractivity contribution in [2.45, 2.75) is 45.1 Å². The number of benzene rings is 1. The van der Waals surface area contributed by atoms with Crippen LogP contribution in [0.15, 0.2) is 40.9 Å². The molecule has 134 valence electrons. The van der Waals surface area contributed by atoms with Gasteiger partial charge in [0.25, 0.3) is 0 Å². The number of carbonyl (C=O) groups is 1. The largest absolute Gasteiger partial charge is 0.441 e. The lowest BCUT2D eigenvalue weighted by molar-refractivity contribution is -0.132. The van der Waals surface area contributed by atoms with Gasteiger partial charge in [-0.3, -0.25) is 4.79 Å². The number of nitrogens with two attached hydrogens (primary N) is 1. The average Bonchev–Trinajstić information content (AvgIpc) is 3.11. The number of amides is 1. The van der Waals surface area contributed by atoms with Crippen molar-refractivity contribution in [2.75, 3.05) is 13.1 Å². The first-order valence-corrected chi connectivity index (χ1v) is 9.17. The number of aryl methyl sites for hydroxylation is 1. The molecular weight excluding hydrogens is 314 g/mol. The van der Waals surface area contributed by atoms with Gasteiger partial charge in [0, 0.05) is 37.5 Å². The van der Waals surface area contributed by atoms with Crippen LogP contribution in [0.25, 0.3) is 11.3 Å². The van der Waals surface area contributed by atoms with E-state index >= 15 is 0 Å². The van der Waals surface area contributed by atoms with E-state index in [9.17, 15) is 4.79 Å². The standard InChI is InChI=1S/C20H27N3O2/c1-15(21)16-10-12-23(13-11-16)20(24)9-5-8-19-22-14-18(25-19)17-6-3-2-4-7-17/h2-4,6-7,14-16H,5,8-13,21H2,1H3. The molecule has 0 bridgehead atoms. The molecule has 1 unspecified atom stereocenters. The van der Waals surface area contributed by atoms with Gasteiger partial charge in [-0.15, -0.1) is 0 Å². The highest BCUT2D eigenvalue weighted by Gasteiger charge is 2.24. The van der Waals surface area contributed by atoms with Crippen molar-refractivity contribution in [3.8, 4) is 11.3 Å². The molecule has 1 aliphatic heterocycles. The second-order valence-electron chi connectivity index (χ2n) is 6.92. The van der Waals surface area contributed by atoms with Gasteiger partial charge in [0.15, 0.2) is 11.7 Å². The molecule has 1 atom stereocenters. The number of hydrogen-bond donors (Lipinski definition) is 1. The summed E-state index contributed by atoms with van der Waals surface area (Å²) in [5.41, 5.74) is 6.98. The van der Waals surface area contributed by atoms with Crippen molar-refractivity contribution in [1.82, 2.24) is 9.88 Å². The summed E-state index contributed by atoms with van der Waals surface area (Å²) in [5, 5.41) is 0. The highest BCUT2D eigenvalue weighted by molar-refractivity contribution is 5.76. The molecule has 0 spiro atoms. The predicted octanol–water partition coefficient (Wildman–Crippen LogP) is 3.25. The van der Waals surface area contributed by atoms with Gasteiger partial charge in [-0.1, -0.05) is 30.3 Å². The maximum atomic E-state index is 12.3. The Morgan fingerprint density at radius 1 is 1.32 bits per heavy atom. The van der Waals surface area contributed by atoms with Crippen molar-refractivity contribution < 1.29 is 9.21 Å². The van der Waals surface area contributed by atoms with Crippen LogP contribution >= 0.6 is 0 Å². The van der Waals surface area contributed by atoms with Crippen molar-refractivity contribution in [3.05, 3.63) is 42.4 Å². The molecule has 5 heteroatoms. The maximum Gasteiger partial charge on any atom is 0.222 e. The molecule has 1 fully saturated rings.